The standard InChI is InChI=1S/C18H21ClN4O3/c19-14-12-13(5-6-15(14)23-9-3-7-20-23)21-18(24)22-8-2-1-4-16(22)17-25-10-11-26-17/h3,5-7,9,12,16-17H,1-2,4,8,10-11H2,(H,21,24). The number of likely N-dealkylation sites (tertiary alicyclic amines) is 1. The monoisotopic (exact) mass is 376 g/mol. The second-order valence-electron chi connectivity index (χ2n) is 6.41. The summed E-state index contributed by atoms with van der Waals surface area (Å²) in [4.78, 5) is 14.6. The van der Waals surface area contributed by atoms with E-state index in [9.17, 15) is 4.79 Å². The Labute approximate surface area is 156 Å². The molecule has 0 saturated carbocycles. The molecule has 2 fully saturated rings. The summed E-state index contributed by atoms with van der Waals surface area (Å²) in [5.74, 6) is 0. The Balaban J connectivity index is 1.47. The molecule has 2 aliphatic heterocycles. The molecule has 2 amide bonds. The number of benzene rings is 1. The van der Waals surface area contributed by atoms with E-state index < -0.39 is 0 Å². The number of carbonyl (C=O) groups is 1. The predicted molar refractivity (Wildman–Crippen MR) is 97.6 cm³/mol. The number of ether oxygens (including phenoxy) is 2. The smallest absolute Gasteiger partial charge is 0.322 e. The zero-order valence-corrected chi connectivity index (χ0v) is 15.1. The van der Waals surface area contributed by atoms with Crippen molar-refractivity contribution in [2.75, 3.05) is 25.1 Å². The van der Waals surface area contributed by atoms with Crippen LogP contribution >= 0.6 is 11.6 Å². The number of carbonyl (C=O) groups excluding carboxylic acids is 1. The van der Waals surface area contributed by atoms with E-state index in [1.54, 1.807) is 16.9 Å². The number of hydrogen-bond acceptors (Lipinski definition) is 4. The third-order valence-electron chi connectivity index (χ3n) is 4.72. The normalized spacial score (nSPS) is 21.1. The van der Waals surface area contributed by atoms with Gasteiger partial charge in [-0.2, -0.15) is 5.10 Å². The van der Waals surface area contributed by atoms with Crippen molar-refractivity contribution >= 4 is 23.3 Å². The van der Waals surface area contributed by atoms with Gasteiger partial charge in [0.05, 0.1) is 30.0 Å². The van der Waals surface area contributed by atoms with Gasteiger partial charge in [-0.15, -0.1) is 0 Å². The second kappa shape index (κ2) is 7.65. The Morgan fingerprint density at radius 3 is 2.85 bits per heavy atom. The van der Waals surface area contributed by atoms with Crippen molar-refractivity contribution in [3.05, 3.63) is 41.7 Å². The van der Waals surface area contributed by atoms with Crippen LogP contribution in [-0.4, -0.2) is 52.8 Å². The molecule has 0 radical (unpaired) electrons. The second-order valence-corrected chi connectivity index (χ2v) is 6.82. The number of hydrogen-bond donors (Lipinski definition) is 1. The summed E-state index contributed by atoms with van der Waals surface area (Å²) >= 11 is 6.36. The van der Waals surface area contributed by atoms with Gasteiger partial charge in [0.15, 0.2) is 6.29 Å². The fourth-order valence-corrected chi connectivity index (χ4v) is 3.74. The number of urea groups is 1. The molecule has 1 atom stereocenters. The van der Waals surface area contributed by atoms with Crippen LogP contribution in [0.4, 0.5) is 10.5 Å². The van der Waals surface area contributed by atoms with Crippen molar-refractivity contribution in [2.45, 2.75) is 31.6 Å². The zero-order chi connectivity index (χ0) is 17.9. The fourth-order valence-electron chi connectivity index (χ4n) is 3.47. The van der Waals surface area contributed by atoms with Crippen LogP contribution in [0.15, 0.2) is 36.7 Å². The minimum Gasteiger partial charge on any atom is -0.348 e. The van der Waals surface area contributed by atoms with E-state index in [1.807, 2.05) is 29.3 Å². The molecule has 0 spiro atoms. The molecule has 2 saturated heterocycles. The van der Waals surface area contributed by atoms with Gasteiger partial charge in [0.25, 0.3) is 0 Å². The molecule has 4 rings (SSSR count). The van der Waals surface area contributed by atoms with Gasteiger partial charge < -0.3 is 19.7 Å². The van der Waals surface area contributed by atoms with Gasteiger partial charge in [0, 0.05) is 24.6 Å². The Kier molecular flexibility index (Phi) is 5.10. The number of anilines is 1. The maximum Gasteiger partial charge on any atom is 0.322 e. The molecule has 26 heavy (non-hydrogen) atoms. The van der Waals surface area contributed by atoms with Crippen molar-refractivity contribution in [3.8, 4) is 5.69 Å². The van der Waals surface area contributed by atoms with Gasteiger partial charge >= 0.3 is 6.03 Å². The van der Waals surface area contributed by atoms with Gasteiger partial charge in [-0.05, 0) is 43.5 Å². The lowest BCUT2D eigenvalue weighted by atomic mass is 10.0. The number of aromatic nitrogens is 2. The maximum absolute atomic E-state index is 12.8. The highest BCUT2D eigenvalue weighted by molar-refractivity contribution is 6.32. The molecule has 0 bridgehead atoms. The van der Waals surface area contributed by atoms with Crippen LogP contribution in [0.1, 0.15) is 19.3 Å². The van der Waals surface area contributed by atoms with Gasteiger partial charge in [0.2, 0.25) is 0 Å². The molecule has 1 N–H and O–H groups in total. The third-order valence-corrected chi connectivity index (χ3v) is 5.02. The SMILES string of the molecule is O=C(Nc1ccc(-n2cccn2)c(Cl)c1)N1CCCCC1C1OCCO1. The Morgan fingerprint density at radius 1 is 1.27 bits per heavy atom. The summed E-state index contributed by atoms with van der Waals surface area (Å²) in [5.41, 5.74) is 1.41. The Morgan fingerprint density at radius 2 is 2.12 bits per heavy atom. The molecule has 8 heteroatoms. The lowest BCUT2D eigenvalue weighted by Gasteiger charge is -2.37. The maximum atomic E-state index is 12.8. The van der Waals surface area contributed by atoms with E-state index in [1.165, 1.54) is 0 Å². The molecule has 0 aliphatic carbocycles. The van der Waals surface area contributed by atoms with Crippen molar-refractivity contribution in [1.29, 1.82) is 0 Å². The summed E-state index contributed by atoms with van der Waals surface area (Å²) in [5, 5.41) is 7.63. The highest BCUT2D eigenvalue weighted by Gasteiger charge is 2.36. The Hall–Kier alpha value is -2.09. The molecular formula is C18H21ClN4O3. The average Bonchev–Trinajstić information content (AvgIpc) is 3.36. The minimum absolute atomic E-state index is 0.0509. The van der Waals surface area contributed by atoms with E-state index >= 15 is 0 Å². The largest absolute Gasteiger partial charge is 0.348 e. The van der Waals surface area contributed by atoms with Gasteiger partial charge in [-0.3, -0.25) is 0 Å². The van der Waals surface area contributed by atoms with E-state index in [0.717, 1.165) is 24.9 Å². The summed E-state index contributed by atoms with van der Waals surface area (Å²) < 4.78 is 12.9. The number of nitrogens with zero attached hydrogens (tertiary/aromatic N) is 3. The molecule has 138 valence electrons. The van der Waals surface area contributed by atoms with E-state index in [2.05, 4.69) is 10.4 Å². The first-order valence-corrected chi connectivity index (χ1v) is 9.20. The lowest BCUT2D eigenvalue weighted by Crippen LogP contribution is -2.51. The van der Waals surface area contributed by atoms with Crippen molar-refractivity contribution in [2.24, 2.45) is 0 Å². The molecular weight excluding hydrogens is 356 g/mol. The van der Waals surface area contributed by atoms with Crippen molar-refractivity contribution in [3.63, 3.8) is 0 Å². The fraction of sp³-hybridized carbons (Fsp3) is 0.444. The van der Waals surface area contributed by atoms with Crippen LogP contribution in [0.25, 0.3) is 5.69 Å². The van der Waals surface area contributed by atoms with Gasteiger partial charge in [-0.25, -0.2) is 9.48 Å². The van der Waals surface area contributed by atoms with Gasteiger partial charge in [-0.1, -0.05) is 11.6 Å². The van der Waals surface area contributed by atoms with Crippen LogP contribution in [0.5, 0.6) is 0 Å². The van der Waals surface area contributed by atoms with Crippen LogP contribution < -0.4 is 5.32 Å². The number of nitrogens with one attached hydrogen (secondary N) is 1. The molecule has 1 aromatic heterocycles. The lowest BCUT2D eigenvalue weighted by molar-refractivity contribution is -0.0973. The zero-order valence-electron chi connectivity index (χ0n) is 14.3. The molecule has 1 unspecified atom stereocenters. The highest BCUT2D eigenvalue weighted by atomic mass is 35.5. The number of halogens is 1. The molecule has 1 aromatic carbocycles. The topological polar surface area (TPSA) is 68.6 Å². The predicted octanol–water partition coefficient (Wildman–Crippen LogP) is 3.29. The van der Waals surface area contributed by atoms with Crippen LogP contribution in [0.2, 0.25) is 5.02 Å². The van der Waals surface area contributed by atoms with Crippen LogP contribution in [0, 0.1) is 0 Å². The number of piperidine rings is 1. The van der Waals surface area contributed by atoms with Crippen LogP contribution in [0.3, 0.4) is 0 Å². The minimum atomic E-state index is -0.327. The number of amides is 2. The first-order chi connectivity index (χ1) is 12.7. The quantitative estimate of drug-likeness (QED) is 0.892. The molecule has 3 heterocycles. The third kappa shape index (κ3) is 3.56. The summed E-state index contributed by atoms with van der Waals surface area (Å²) in [6.45, 7) is 1.86. The van der Waals surface area contributed by atoms with Gasteiger partial charge in [0.1, 0.15) is 0 Å². The first-order valence-electron chi connectivity index (χ1n) is 8.83. The van der Waals surface area contributed by atoms with Crippen molar-refractivity contribution < 1.29 is 14.3 Å². The van der Waals surface area contributed by atoms with Crippen molar-refractivity contribution in [1.82, 2.24) is 14.7 Å². The Bertz CT molecular complexity index is 762. The number of rotatable bonds is 3. The molecule has 2 aliphatic rings. The summed E-state index contributed by atoms with van der Waals surface area (Å²) in [6, 6.07) is 7.01. The van der Waals surface area contributed by atoms with Crippen LogP contribution in [-0.2, 0) is 9.47 Å². The van der Waals surface area contributed by atoms with E-state index in [4.69, 9.17) is 21.1 Å². The first kappa shape index (κ1) is 17.3. The highest BCUT2D eigenvalue weighted by Crippen LogP contribution is 2.27. The summed E-state index contributed by atoms with van der Waals surface area (Å²) in [7, 11) is 0. The molecule has 2 aromatic rings. The summed E-state index contributed by atoms with van der Waals surface area (Å²) in [6.07, 6.45) is 6.12. The van der Waals surface area contributed by atoms with E-state index in [-0.39, 0.29) is 18.4 Å². The molecule has 7 nitrogen and oxygen atoms in total. The van der Waals surface area contributed by atoms with E-state index in [0.29, 0.717) is 30.5 Å². The average molecular weight is 377 g/mol.